The smallest absolute Gasteiger partial charge is 0.164 e. The van der Waals surface area contributed by atoms with Crippen molar-refractivity contribution in [3.8, 4) is 45.4 Å². The summed E-state index contributed by atoms with van der Waals surface area (Å²) in [5.41, 5.74) is 7.08. The van der Waals surface area contributed by atoms with E-state index >= 15 is 0 Å². The molecule has 0 unspecified atom stereocenters. The van der Waals surface area contributed by atoms with Crippen molar-refractivity contribution in [1.29, 1.82) is 0 Å². The maximum Gasteiger partial charge on any atom is 0.164 e. The summed E-state index contributed by atoms with van der Waals surface area (Å²) in [5.74, 6) is 1.90. The number of nitrogens with zero attached hydrogens (tertiary/aromatic N) is 4. The highest BCUT2D eigenvalue weighted by atomic mass is 32.1. The van der Waals surface area contributed by atoms with Gasteiger partial charge < -0.3 is 4.98 Å². The predicted octanol–water partition coefficient (Wildman–Crippen LogP) is 12.2. The monoisotopic (exact) mass is 681 g/mol. The third-order valence-corrected chi connectivity index (χ3v) is 11.3. The Hall–Kier alpha value is -6.76. The zero-order chi connectivity index (χ0) is 34.2. The molecule has 0 fully saturated rings. The van der Waals surface area contributed by atoms with Gasteiger partial charge in [-0.25, -0.2) is 15.0 Å². The van der Waals surface area contributed by atoms with Crippen LogP contribution in [0, 0.1) is 0 Å². The van der Waals surface area contributed by atoms with E-state index in [0.29, 0.717) is 17.5 Å². The molecule has 4 aromatic heterocycles. The second-order valence-electron chi connectivity index (χ2n) is 13.2. The maximum atomic E-state index is 5.14. The fourth-order valence-corrected chi connectivity index (χ4v) is 8.63. The zero-order valence-electron chi connectivity index (χ0n) is 27.7. The largest absolute Gasteiger partial charge is 0.354 e. The molecule has 0 spiro atoms. The lowest BCUT2D eigenvalue weighted by Gasteiger charge is -2.10. The number of aromatic nitrogens is 5. The molecule has 0 aliphatic heterocycles. The van der Waals surface area contributed by atoms with E-state index < -0.39 is 0 Å². The fraction of sp³-hybridized carbons (Fsp3) is 0. The van der Waals surface area contributed by atoms with Crippen LogP contribution in [0.2, 0.25) is 0 Å². The molecule has 4 heterocycles. The van der Waals surface area contributed by atoms with Gasteiger partial charge in [-0.15, -0.1) is 11.3 Å². The lowest BCUT2D eigenvalue weighted by Crippen LogP contribution is -2.00. The Morgan fingerprint density at radius 2 is 1.04 bits per heavy atom. The van der Waals surface area contributed by atoms with Gasteiger partial charge in [0.25, 0.3) is 0 Å². The molecule has 0 saturated carbocycles. The van der Waals surface area contributed by atoms with Crippen LogP contribution in [0.15, 0.2) is 158 Å². The Kier molecular flexibility index (Phi) is 6.35. The SMILES string of the molecule is c1ccc2c(-c3ccc(-c4nc(-c5ccc6c(ccc7c8ccccc8[nH]c67)c5)nc(-c5ccc6sc7ccccc7c6c5)n4)cc3)nccc2c1. The van der Waals surface area contributed by atoms with Crippen LogP contribution in [0.25, 0.3) is 109 Å². The maximum absolute atomic E-state index is 5.14. The molecule has 11 aromatic rings. The minimum absolute atomic E-state index is 0.624. The van der Waals surface area contributed by atoms with Crippen LogP contribution >= 0.6 is 11.3 Å². The summed E-state index contributed by atoms with van der Waals surface area (Å²) >= 11 is 1.81. The molecular weight excluding hydrogens is 655 g/mol. The number of thiophene rings is 1. The van der Waals surface area contributed by atoms with Crippen LogP contribution in [0.3, 0.4) is 0 Å². The molecule has 0 saturated heterocycles. The number of fused-ring (bicyclic) bond motifs is 9. The van der Waals surface area contributed by atoms with E-state index in [9.17, 15) is 0 Å². The average Bonchev–Trinajstić information content (AvgIpc) is 3.79. The summed E-state index contributed by atoms with van der Waals surface area (Å²) in [5, 5.41) is 9.49. The van der Waals surface area contributed by atoms with Gasteiger partial charge in [0.2, 0.25) is 0 Å². The standard InChI is InChI=1S/C46H27N5S/c1-2-8-33-27(7-1)23-24-47-42(33)28-13-15-29(16-14-28)44-49-45(51-46(50-44)32-19-22-41-38(26-32)36-10-4-6-12-40(36)52-41)31-18-20-34-30(25-31)17-21-37-35-9-3-5-11-39(35)48-43(34)37/h1-26,48H. The minimum atomic E-state index is 0.624. The fourth-order valence-electron chi connectivity index (χ4n) is 7.54. The van der Waals surface area contributed by atoms with E-state index in [1.54, 1.807) is 0 Å². The highest BCUT2D eigenvalue weighted by Crippen LogP contribution is 2.37. The molecule has 0 aliphatic rings. The number of hydrogen-bond acceptors (Lipinski definition) is 5. The third-order valence-electron chi connectivity index (χ3n) is 10.1. The van der Waals surface area contributed by atoms with E-state index in [1.807, 2.05) is 23.6 Å². The quantitative estimate of drug-likeness (QED) is 0.201. The molecule has 0 atom stereocenters. The van der Waals surface area contributed by atoms with Crippen LogP contribution < -0.4 is 0 Å². The van der Waals surface area contributed by atoms with E-state index in [0.717, 1.165) is 49.8 Å². The number of benzene rings is 7. The minimum Gasteiger partial charge on any atom is -0.354 e. The Labute approximate surface area is 301 Å². The molecule has 52 heavy (non-hydrogen) atoms. The van der Waals surface area contributed by atoms with Crippen molar-refractivity contribution in [2.24, 2.45) is 0 Å². The van der Waals surface area contributed by atoms with Crippen molar-refractivity contribution in [2.45, 2.75) is 0 Å². The Morgan fingerprint density at radius 3 is 1.90 bits per heavy atom. The number of hydrogen-bond donors (Lipinski definition) is 1. The normalized spacial score (nSPS) is 11.8. The summed E-state index contributed by atoms with van der Waals surface area (Å²) in [6.07, 6.45) is 1.87. The topological polar surface area (TPSA) is 67.3 Å². The second kappa shape index (κ2) is 11.4. The van der Waals surface area contributed by atoms with E-state index in [1.165, 1.54) is 41.7 Å². The summed E-state index contributed by atoms with van der Waals surface area (Å²) in [4.78, 5) is 23.8. The van der Waals surface area contributed by atoms with Crippen molar-refractivity contribution in [2.75, 3.05) is 0 Å². The Balaban J connectivity index is 1.07. The molecule has 0 radical (unpaired) electrons. The van der Waals surface area contributed by atoms with Gasteiger partial charge in [0.05, 0.1) is 11.2 Å². The number of aromatic amines is 1. The lowest BCUT2D eigenvalue weighted by atomic mass is 10.0. The molecule has 0 amide bonds. The van der Waals surface area contributed by atoms with Crippen molar-refractivity contribution >= 4 is 74.9 Å². The molecule has 11 rings (SSSR count). The van der Waals surface area contributed by atoms with Gasteiger partial charge in [0.1, 0.15) is 0 Å². The highest BCUT2D eigenvalue weighted by molar-refractivity contribution is 7.25. The molecule has 5 nitrogen and oxygen atoms in total. The number of rotatable bonds is 4. The van der Waals surface area contributed by atoms with Gasteiger partial charge >= 0.3 is 0 Å². The molecule has 1 N–H and O–H groups in total. The van der Waals surface area contributed by atoms with Gasteiger partial charge in [0, 0.05) is 75.7 Å². The molecular formula is C46H27N5S. The van der Waals surface area contributed by atoms with Crippen molar-refractivity contribution in [3.63, 3.8) is 0 Å². The molecule has 7 aromatic carbocycles. The number of para-hydroxylation sites is 1. The molecule has 0 aliphatic carbocycles. The summed E-state index contributed by atoms with van der Waals surface area (Å²) in [7, 11) is 0. The van der Waals surface area contributed by atoms with Gasteiger partial charge in [-0.2, -0.15) is 0 Å². The first-order chi connectivity index (χ1) is 25.7. The van der Waals surface area contributed by atoms with Gasteiger partial charge in [-0.05, 0) is 53.2 Å². The number of H-pyrrole nitrogens is 1. The average molecular weight is 682 g/mol. The molecule has 242 valence electrons. The lowest BCUT2D eigenvalue weighted by molar-refractivity contribution is 1.08. The van der Waals surface area contributed by atoms with E-state index in [4.69, 9.17) is 19.9 Å². The van der Waals surface area contributed by atoms with Gasteiger partial charge in [-0.3, -0.25) is 4.98 Å². The first-order valence-corrected chi connectivity index (χ1v) is 18.1. The number of nitrogens with one attached hydrogen (secondary N) is 1. The first-order valence-electron chi connectivity index (χ1n) is 17.3. The van der Waals surface area contributed by atoms with Crippen LogP contribution in [0.4, 0.5) is 0 Å². The van der Waals surface area contributed by atoms with Gasteiger partial charge in [0.15, 0.2) is 17.5 Å². The van der Waals surface area contributed by atoms with Crippen molar-refractivity contribution < 1.29 is 0 Å². The Bertz CT molecular complexity index is 3190. The van der Waals surface area contributed by atoms with Crippen LogP contribution in [0.5, 0.6) is 0 Å². The van der Waals surface area contributed by atoms with Crippen LogP contribution in [0.1, 0.15) is 0 Å². The second-order valence-corrected chi connectivity index (χ2v) is 14.3. The number of pyridine rings is 1. The van der Waals surface area contributed by atoms with Crippen molar-refractivity contribution in [1.82, 2.24) is 24.9 Å². The third kappa shape index (κ3) is 4.62. The summed E-state index contributed by atoms with van der Waals surface area (Å²) in [6, 6.07) is 53.3. The highest BCUT2D eigenvalue weighted by Gasteiger charge is 2.16. The zero-order valence-corrected chi connectivity index (χ0v) is 28.5. The van der Waals surface area contributed by atoms with E-state index in [2.05, 4.69) is 151 Å². The first kappa shape index (κ1) is 29.0. The van der Waals surface area contributed by atoms with Crippen LogP contribution in [-0.4, -0.2) is 24.9 Å². The Morgan fingerprint density at radius 1 is 0.404 bits per heavy atom. The predicted molar refractivity (Wildman–Crippen MR) is 217 cm³/mol. The molecule has 6 heteroatoms. The van der Waals surface area contributed by atoms with E-state index in [-0.39, 0.29) is 0 Å². The summed E-state index contributed by atoms with van der Waals surface area (Å²) in [6.45, 7) is 0. The van der Waals surface area contributed by atoms with Gasteiger partial charge in [-0.1, -0.05) is 109 Å². The summed E-state index contributed by atoms with van der Waals surface area (Å²) < 4.78 is 2.52. The molecule has 0 bridgehead atoms. The van der Waals surface area contributed by atoms with Crippen molar-refractivity contribution in [3.05, 3.63) is 158 Å². The van der Waals surface area contributed by atoms with Crippen LogP contribution in [-0.2, 0) is 0 Å².